The molecular formula is C17H13BrN4O2S2. The van der Waals surface area contributed by atoms with E-state index in [0.29, 0.717) is 15.8 Å². The number of hydrogen-bond acceptors (Lipinski definition) is 6. The van der Waals surface area contributed by atoms with E-state index in [1.165, 1.54) is 22.7 Å². The van der Waals surface area contributed by atoms with Gasteiger partial charge in [-0.1, -0.05) is 11.3 Å². The fourth-order valence-electron chi connectivity index (χ4n) is 2.46. The molecule has 0 atom stereocenters. The number of fused-ring (bicyclic) bond motifs is 1. The van der Waals surface area contributed by atoms with Crippen LogP contribution in [0.25, 0.3) is 15.3 Å². The number of amides is 1. The second-order valence-electron chi connectivity index (χ2n) is 5.47. The zero-order valence-corrected chi connectivity index (χ0v) is 17.0. The fourth-order valence-corrected chi connectivity index (χ4v) is 4.70. The van der Waals surface area contributed by atoms with Crippen molar-refractivity contribution in [2.45, 2.75) is 6.92 Å². The zero-order chi connectivity index (χ0) is 18.3. The van der Waals surface area contributed by atoms with Gasteiger partial charge < -0.3 is 10.1 Å². The summed E-state index contributed by atoms with van der Waals surface area (Å²) in [6.45, 7) is 1.88. The quantitative estimate of drug-likeness (QED) is 0.483. The van der Waals surface area contributed by atoms with E-state index >= 15 is 0 Å². The smallest absolute Gasteiger partial charge is 0.266 e. The van der Waals surface area contributed by atoms with Crippen molar-refractivity contribution in [1.82, 2.24) is 14.8 Å². The number of ether oxygens (including phenoxy) is 1. The van der Waals surface area contributed by atoms with Crippen LogP contribution in [0.3, 0.4) is 0 Å². The summed E-state index contributed by atoms with van der Waals surface area (Å²) in [5, 5.41) is 8.09. The lowest BCUT2D eigenvalue weighted by atomic mass is 10.3. The van der Waals surface area contributed by atoms with Crippen LogP contribution in [-0.4, -0.2) is 27.8 Å². The van der Waals surface area contributed by atoms with Crippen molar-refractivity contribution in [2.24, 2.45) is 0 Å². The molecule has 0 aliphatic carbocycles. The lowest BCUT2D eigenvalue weighted by Gasteiger charge is -2.05. The molecular weight excluding hydrogens is 436 g/mol. The summed E-state index contributed by atoms with van der Waals surface area (Å²) in [6.07, 6.45) is 0. The topological polar surface area (TPSA) is 69.0 Å². The molecule has 132 valence electrons. The van der Waals surface area contributed by atoms with Gasteiger partial charge in [0.15, 0.2) is 0 Å². The summed E-state index contributed by atoms with van der Waals surface area (Å²) in [4.78, 5) is 17.7. The van der Waals surface area contributed by atoms with E-state index in [1.807, 2.05) is 37.3 Å². The highest BCUT2D eigenvalue weighted by molar-refractivity contribution is 9.11. The highest BCUT2D eigenvalue weighted by Crippen LogP contribution is 2.30. The first kappa shape index (κ1) is 17.2. The number of carbonyl (C=O) groups is 1. The first-order chi connectivity index (χ1) is 12.5. The third-order valence-electron chi connectivity index (χ3n) is 3.64. The predicted octanol–water partition coefficient (Wildman–Crippen LogP) is 4.88. The molecule has 1 N–H and O–H groups in total. The molecule has 1 aromatic carbocycles. The van der Waals surface area contributed by atoms with Crippen LogP contribution in [-0.2, 0) is 0 Å². The number of rotatable bonds is 4. The minimum absolute atomic E-state index is 0.176. The average molecular weight is 449 g/mol. The molecule has 0 aliphatic heterocycles. The van der Waals surface area contributed by atoms with Gasteiger partial charge in [-0.2, -0.15) is 9.78 Å². The molecule has 3 aromatic heterocycles. The molecule has 9 heteroatoms. The summed E-state index contributed by atoms with van der Waals surface area (Å²) in [6, 6.07) is 11.2. The van der Waals surface area contributed by atoms with Crippen molar-refractivity contribution in [2.75, 3.05) is 12.4 Å². The van der Waals surface area contributed by atoms with Crippen LogP contribution < -0.4 is 10.1 Å². The van der Waals surface area contributed by atoms with Gasteiger partial charge in [-0.25, -0.2) is 4.98 Å². The van der Waals surface area contributed by atoms with Gasteiger partial charge in [0.25, 0.3) is 5.91 Å². The molecule has 0 spiro atoms. The van der Waals surface area contributed by atoms with Crippen LogP contribution in [0.4, 0.5) is 5.82 Å². The van der Waals surface area contributed by atoms with Gasteiger partial charge in [0, 0.05) is 6.07 Å². The van der Waals surface area contributed by atoms with Crippen LogP contribution in [0.1, 0.15) is 15.4 Å². The molecule has 4 aromatic rings. The summed E-state index contributed by atoms with van der Waals surface area (Å²) < 4.78 is 8.83. The Bertz CT molecular complexity index is 1120. The van der Waals surface area contributed by atoms with Crippen molar-refractivity contribution < 1.29 is 9.53 Å². The van der Waals surface area contributed by atoms with E-state index in [1.54, 1.807) is 17.9 Å². The van der Waals surface area contributed by atoms with Crippen molar-refractivity contribution in [3.05, 3.63) is 50.8 Å². The third kappa shape index (κ3) is 3.25. The lowest BCUT2D eigenvalue weighted by molar-refractivity contribution is 0.103. The number of benzene rings is 1. The minimum atomic E-state index is -0.176. The molecule has 26 heavy (non-hydrogen) atoms. The van der Waals surface area contributed by atoms with Gasteiger partial charge in [-0.05, 0) is 53.2 Å². The van der Waals surface area contributed by atoms with E-state index in [-0.39, 0.29) is 5.91 Å². The van der Waals surface area contributed by atoms with Gasteiger partial charge in [0.2, 0.25) is 5.13 Å². The van der Waals surface area contributed by atoms with Crippen LogP contribution in [0.15, 0.2) is 40.2 Å². The summed E-state index contributed by atoms with van der Waals surface area (Å²) in [5.41, 5.74) is 1.66. The maximum Gasteiger partial charge on any atom is 0.266 e. The molecule has 0 aliphatic rings. The zero-order valence-electron chi connectivity index (χ0n) is 13.8. The maximum atomic E-state index is 12.5. The molecule has 3 heterocycles. The maximum absolute atomic E-state index is 12.5. The Balaban J connectivity index is 1.70. The number of hydrogen-bond donors (Lipinski definition) is 1. The molecule has 0 bridgehead atoms. The molecule has 0 fully saturated rings. The number of halogens is 1. The first-order valence-corrected chi connectivity index (χ1v) is 10.0. The molecule has 1 amide bonds. The number of aromatic nitrogens is 3. The van der Waals surface area contributed by atoms with Gasteiger partial charge in [0.1, 0.15) is 11.6 Å². The molecule has 0 unspecified atom stereocenters. The largest absolute Gasteiger partial charge is 0.497 e. The number of nitrogens with one attached hydrogen (secondary N) is 1. The number of thiazole rings is 1. The average Bonchev–Trinajstić information content (AvgIpc) is 3.32. The fraction of sp³-hybridized carbons (Fsp3) is 0.118. The summed E-state index contributed by atoms with van der Waals surface area (Å²) >= 11 is 6.24. The van der Waals surface area contributed by atoms with E-state index in [4.69, 9.17) is 4.74 Å². The van der Waals surface area contributed by atoms with Crippen molar-refractivity contribution in [3.63, 3.8) is 0 Å². The van der Waals surface area contributed by atoms with Crippen molar-refractivity contribution >= 4 is 60.5 Å². The monoisotopic (exact) mass is 448 g/mol. The Morgan fingerprint density at radius 3 is 2.81 bits per heavy atom. The highest BCUT2D eigenvalue weighted by atomic mass is 79.9. The standard InChI is InChI=1S/C17H13BrN4O2S2/c1-9-7-15(20-16(23)12-5-6-14(18)25-12)22(21-9)17-19-11-4-3-10(24-2)8-13(11)26-17/h3-8H,1-2H3,(H,20,23). The van der Waals surface area contributed by atoms with E-state index in [9.17, 15) is 4.79 Å². The normalized spacial score (nSPS) is 11.0. The second kappa shape index (κ2) is 6.82. The number of methoxy groups -OCH3 is 1. The third-order valence-corrected chi connectivity index (χ3v) is 6.25. The SMILES string of the molecule is COc1ccc2nc(-n3nc(C)cc3NC(=O)c3ccc(Br)s3)sc2c1. The minimum Gasteiger partial charge on any atom is -0.497 e. The van der Waals surface area contributed by atoms with E-state index < -0.39 is 0 Å². The lowest BCUT2D eigenvalue weighted by Crippen LogP contribution is -2.13. The number of aryl methyl sites for hydroxylation is 1. The molecule has 0 saturated carbocycles. The predicted molar refractivity (Wildman–Crippen MR) is 108 cm³/mol. The van der Waals surface area contributed by atoms with Gasteiger partial charge in [-0.15, -0.1) is 11.3 Å². The molecule has 0 radical (unpaired) electrons. The first-order valence-electron chi connectivity index (χ1n) is 7.62. The van der Waals surface area contributed by atoms with Gasteiger partial charge in [0.05, 0.1) is 31.7 Å². The number of anilines is 1. The molecule has 6 nitrogen and oxygen atoms in total. The van der Waals surface area contributed by atoms with Crippen molar-refractivity contribution in [1.29, 1.82) is 0 Å². The Labute approximate surface area is 165 Å². The Kier molecular flexibility index (Phi) is 4.51. The van der Waals surface area contributed by atoms with Gasteiger partial charge in [-0.3, -0.25) is 4.79 Å². The second-order valence-corrected chi connectivity index (χ2v) is 8.94. The highest BCUT2D eigenvalue weighted by Gasteiger charge is 2.16. The van der Waals surface area contributed by atoms with Crippen molar-refractivity contribution in [3.8, 4) is 10.9 Å². The Hall–Kier alpha value is -2.23. The number of carbonyl (C=O) groups excluding carboxylic acids is 1. The Morgan fingerprint density at radius 1 is 1.23 bits per heavy atom. The number of nitrogens with zero attached hydrogens (tertiary/aromatic N) is 3. The molecule has 4 rings (SSSR count). The van der Waals surface area contributed by atoms with E-state index in [2.05, 4.69) is 31.3 Å². The van der Waals surface area contributed by atoms with Crippen LogP contribution >= 0.6 is 38.6 Å². The van der Waals surface area contributed by atoms with Crippen LogP contribution in [0.2, 0.25) is 0 Å². The Morgan fingerprint density at radius 2 is 2.08 bits per heavy atom. The van der Waals surface area contributed by atoms with Crippen LogP contribution in [0.5, 0.6) is 5.75 Å². The molecule has 0 saturated heterocycles. The summed E-state index contributed by atoms with van der Waals surface area (Å²) in [5.74, 6) is 1.19. The van der Waals surface area contributed by atoms with Gasteiger partial charge >= 0.3 is 0 Å². The number of thiophene rings is 1. The van der Waals surface area contributed by atoms with E-state index in [0.717, 1.165) is 25.4 Å². The van der Waals surface area contributed by atoms with Crippen LogP contribution in [0, 0.1) is 6.92 Å². The summed E-state index contributed by atoms with van der Waals surface area (Å²) in [7, 11) is 1.64.